The SMILES string of the molecule is C[Si](C)(C)C#N.Cc1ccc2c(ccc[n+]2[O-])c1.[C-]#[N+]c1ccc2cc(C)ccc2n1. The Kier molecular flexibility index (Phi) is 7.85. The summed E-state index contributed by atoms with van der Waals surface area (Å²) in [4.78, 5) is 7.46. The van der Waals surface area contributed by atoms with Gasteiger partial charge in [0.15, 0.2) is 19.8 Å². The lowest BCUT2D eigenvalue weighted by Crippen LogP contribution is -2.25. The average Bonchev–Trinajstić information content (AvgIpc) is 2.74. The predicted octanol–water partition coefficient (Wildman–Crippen LogP) is 6.26. The zero-order valence-electron chi connectivity index (χ0n) is 18.5. The first-order valence-electron chi connectivity index (χ1n) is 9.87. The van der Waals surface area contributed by atoms with Crippen LogP contribution in [0, 0.1) is 36.6 Å². The molecular formula is C25H26N4OSi. The van der Waals surface area contributed by atoms with E-state index in [1.54, 1.807) is 12.1 Å². The van der Waals surface area contributed by atoms with E-state index in [2.05, 4.69) is 21.6 Å². The highest BCUT2D eigenvalue weighted by Crippen LogP contribution is 2.17. The van der Waals surface area contributed by atoms with Gasteiger partial charge in [-0.2, -0.15) is 4.73 Å². The highest BCUT2D eigenvalue weighted by Gasteiger charge is 2.09. The third-order valence-electron chi connectivity index (χ3n) is 4.20. The third kappa shape index (κ3) is 7.22. The van der Waals surface area contributed by atoms with Gasteiger partial charge in [-0.05, 0) is 44.2 Å². The molecule has 2 heterocycles. The van der Waals surface area contributed by atoms with Crippen molar-refractivity contribution in [1.29, 1.82) is 5.26 Å². The standard InChI is InChI=1S/C11H8N2.C10H9NO.C4H9NSi/c1-8-3-5-10-9(7-8)4-6-11(12-2)13-10;1-8-4-5-10-9(7-8)3-2-6-11(10)12;1-6(2,3)4-5/h3-7H,1H3;2-7H,1H3;1-3H3. The number of nitriles is 1. The Morgan fingerprint density at radius 1 is 0.968 bits per heavy atom. The van der Waals surface area contributed by atoms with Crippen LogP contribution in [-0.4, -0.2) is 13.1 Å². The molecule has 0 amide bonds. The van der Waals surface area contributed by atoms with Crippen molar-refractivity contribution in [2.75, 3.05) is 0 Å². The van der Waals surface area contributed by atoms with E-state index in [0.29, 0.717) is 5.82 Å². The highest BCUT2D eigenvalue weighted by atomic mass is 28.3. The third-order valence-corrected chi connectivity index (χ3v) is 4.87. The Morgan fingerprint density at radius 3 is 2.19 bits per heavy atom. The van der Waals surface area contributed by atoms with Gasteiger partial charge in [-0.1, -0.05) is 55.5 Å². The Balaban J connectivity index is 0.000000177. The van der Waals surface area contributed by atoms with Gasteiger partial charge < -0.3 is 10.1 Å². The number of hydrogen-bond donors (Lipinski definition) is 0. The summed E-state index contributed by atoms with van der Waals surface area (Å²) in [5.74, 6) is 0.455. The number of fused-ring (bicyclic) bond motifs is 2. The molecule has 0 spiro atoms. The molecule has 0 bridgehead atoms. The second kappa shape index (κ2) is 10.3. The molecule has 156 valence electrons. The van der Waals surface area contributed by atoms with Crippen molar-refractivity contribution in [2.45, 2.75) is 33.5 Å². The van der Waals surface area contributed by atoms with Crippen molar-refractivity contribution < 1.29 is 4.73 Å². The lowest BCUT2D eigenvalue weighted by Gasteiger charge is -2.00. The fourth-order valence-electron chi connectivity index (χ4n) is 2.61. The van der Waals surface area contributed by atoms with E-state index >= 15 is 0 Å². The maximum atomic E-state index is 11.2. The van der Waals surface area contributed by atoms with Crippen LogP contribution in [0.4, 0.5) is 5.82 Å². The van der Waals surface area contributed by atoms with Crippen LogP contribution >= 0.6 is 0 Å². The zero-order chi connectivity index (χ0) is 23.0. The van der Waals surface area contributed by atoms with Gasteiger partial charge in [0.2, 0.25) is 5.52 Å². The van der Waals surface area contributed by atoms with E-state index in [1.807, 2.05) is 76.0 Å². The van der Waals surface area contributed by atoms with E-state index in [1.165, 1.54) is 17.3 Å². The number of rotatable bonds is 0. The summed E-state index contributed by atoms with van der Waals surface area (Å²) in [6.45, 7) is 16.9. The molecule has 2 aromatic heterocycles. The first-order valence-corrected chi connectivity index (χ1v) is 13.4. The summed E-state index contributed by atoms with van der Waals surface area (Å²) in [6.07, 6.45) is 1.51. The summed E-state index contributed by atoms with van der Waals surface area (Å²) in [7, 11) is -1.33. The monoisotopic (exact) mass is 426 g/mol. The maximum Gasteiger partial charge on any atom is 0.270 e. The zero-order valence-corrected chi connectivity index (χ0v) is 19.5. The van der Waals surface area contributed by atoms with Crippen molar-refractivity contribution in [3.05, 3.63) is 94.6 Å². The fourth-order valence-corrected chi connectivity index (χ4v) is 2.61. The minimum absolute atomic E-state index is 0.455. The topological polar surface area (TPSA) is 68.0 Å². The molecule has 2 aromatic carbocycles. The van der Waals surface area contributed by atoms with E-state index in [0.717, 1.165) is 26.5 Å². The molecule has 0 radical (unpaired) electrons. The number of nitrogens with zero attached hydrogens (tertiary/aromatic N) is 4. The van der Waals surface area contributed by atoms with Crippen LogP contribution in [0.25, 0.3) is 26.7 Å². The fraction of sp³-hybridized carbons (Fsp3) is 0.200. The van der Waals surface area contributed by atoms with Gasteiger partial charge >= 0.3 is 0 Å². The number of benzene rings is 2. The van der Waals surface area contributed by atoms with Gasteiger partial charge in [-0.15, -0.1) is 4.98 Å². The van der Waals surface area contributed by atoms with E-state index in [9.17, 15) is 5.21 Å². The van der Waals surface area contributed by atoms with Crippen LogP contribution in [0.2, 0.25) is 19.6 Å². The molecule has 0 saturated heterocycles. The van der Waals surface area contributed by atoms with Crippen molar-refractivity contribution in [2.24, 2.45) is 0 Å². The quantitative estimate of drug-likeness (QED) is 0.144. The van der Waals surface area contributed by atoms with Gasteiger partial charge in [0.05, 0.1) is 0 Å². The molecule has 31 heavy (non-hydrogen) atoms. The molecule has 0 fully saturated rings. The minimum Gasteiger partial charge on any atom is -0.618 e. The van der Waals surface area contributed by atoms with Gasteiger partial charge in [-0.3, -0.25) is 0 Å². The molecule has 0 aliphatic carbocycles. The van der Waals surface area contributed by atoms with E-state index < -0.39 is 8.07 Å². The molecule has 5 nitrogen and oxygen atoms in total. The second-order valence-electron chi connectivity index (χ2n) is 8.24. The van der Waals surface area contributed by atoms with Crippen molar-refractivity contribution in [3.8, 4) is 5.69 Å². The van der Waals surface area contributed by atoms with Crippen LogP contribution in [0.1, 0.15) is 11.1 Å². The normalized spacial score (nSPS) is 10.2. The van der Waals surface area contributed by atoms with Crippen LogP contribution < -0.4 is 4.73 Å². The maximum absolute atomic E-state index is 11.2. The average molecular weight is 427 g/mol. The largest absolute Gasteiger partial charge is 0.618 e. The Hall–Kier alpha value is -3.74. The summed E-state index contributed by atoms with van der Waals surface area (Å²) in [6, 6.07) is 19.2. The smallest absolute Gasteiger partial charge is 0.270 e. The van der Waals surface area contributed by atoms with E-state index in [4.69, 9.17) is 11.8 Å². The number of hydrogen-bond acceptors (Lipinski definition) is 3. The first-order chi connectivity index (χ1) is 14.6. The molecule has 6 heteroatoms. The summed E-state index contributed by atoms with van der Waals surface area (Å²) < 4.78 is 0.884. The molecule has 0 aliphatic heterocycles. The van der Waals surface area contributed by atoms with E-state index in [-0.39, 0.29) is 0 Å². The van der Waals surface area contributed by atoms with Crippen LogP contribution in [-0.2, 0) is 0 Å². The Bertz CT molecular complexity index is 1280. The Labute approximate surface area is 184 Å². The molecule has 4 rings (SSSR count). The summed E-state index contributed by atoms with van der Waals surface area (Å²) in [5.41, 5.74) is 6.24. The van der Waals surface area contributed by atoms with Gasteiger partial charge in [0.1, 0.15) is 0 Å². The van der Waals surface area contributed by atoms with Gasteiger partial charge in [0, 0.05) is 28.6 Å². The molecule has 0 saturated carbocycles. The number of aryl methyl sites for hydroxylation is 2. The van der Waals surface area contributed by atoms with Crippen LogP contribution in [0.5, 0.6) is 0 Å². The lowest BCUT2D eigenvalue weighted by molar-refractivity contribution is -0.577. The van der Waals surface area contributed by atoms with Gasteiger partial charge in [0.25, 0.3) is 5.82 Å². The highest BCUT2D eigenvalue weighted by molar-refractivity contribution is 6.83. The van der Waals surface area contributed by atoms with Crippen LogP contribution in [0.15, 0.2) is 66.9 Å². The predicted molar refractivity (Wildman–Crippen MR) is 129 cm³/mol. The first kappa shape index (κ1) is 23.5. The molecule has 0 aliphatic rings. The number of aromatic nitrogens is 2. The van der Waals surface area contributed by atoms with Crippen molar-refractivity contribution in [3.63, 3.8) is 0 Å². The van der Waals surface area contributed by atoms with Gasteiger partial charge in [-0.25, -0.2) is 5.26 Å². The molecule has 0 N–H and O–H groups in total. The summed E-state index contributed by atoms with van der Waals surface area (Å²) in [5, 5.41) is 21.5. The molecule has 0 atom stereocenters. The van der Waals surface area contributed by atoms with Crippen molar-refractivity contribution in [1.82, 2.24) is 4.98 Å². The number of pyridine rings is 2. The molecule has 4 aromatic rings. The van der Waals surface area contributed by atoms with Crippen LogP contribution in [0.3, 0.4) is 0 Å². The second-order valence-corrected chi connectivity index (χ2v) is 13.0. The Morgan fingerprint density at radius 2 is 1.58 bits per heavy atom. The minimum atomic E-state index is -1.33. The molecular weight excluding hydrogens is 400 g/mol. The lowest BCUT2D eigenvalue weighted by atomic mass is 10.1. The van der Waals surface area contributed by atoms with Crippen molar-refractivity contribution >= 4 is 35.7 Å². The molecule has 0 unspecified atom stereocenters. The summed E-state index contributed by atoms with van der Waals surface area (Å²) >= 11 is 0.